The Labute approximate surface area is 108 Å². The van der Waals surface area contributed by atoms with E-state index in [4.69, 9.17) is 0 Å². The molecule has 5 nitrogen and oxygen atoms in total. The fraction of sp³-hybridized carbons (Fsp3) is 0.692. The highest BCUT2D eigenvalue weighted by Crippen LogP contribution is 2.25. The lowest BCUT2D eigenvalue weighted by Crippen LogP contribution is -2.34. The van der Waals surface area contributed by atoms with Crippen LogP contribution in [0.25, 0.3) is 0 Å². The lowest BCUT2D eigenvalue weighted by Gasteiger charge is -2.29. The van der Waals surface area contributed by atoms with Crippen molar-refractivity contribution in [3.63, 3.8) is 0 Å². The molecule has 1 fully saturated rings. The van der Waals surface area contributed by atoms with E-state index in [1.165, 1.54) is 12.8 Å². The first-order valence-corrected chi connectivity index (χ1v) is 6.52. The third kappa shape index (κ3) is 2.34. The van der Waals surface area contributed by atoms with Crippen LogP contribution in [-0.2, 0) is 7.05 Å². The normalized spacial score (nSPS) is 20.2. The molecule has 0 saturated carbocycles. The molecule has 1 aliphatic heterocycles. The molecule has 18 heavy (non-hydrogen) atoms. The molecule has 98 valence electrons. The molecular formula is C13H21N5. The van der Waals surface area contributed by atoms with Crippen LogP contribution in [0.1, 0.15) is 30.5 Å². The molecule has 1 saturated heterocycles. The van der Waals surface area contributed by atoms with Crippen LogP contribution >= 0.6 is 0 Å². The lowest BCUT2D eigenvalue weighted by molar-refractivity contribution is 0.551. The Hall–Kier alpha value is -1.54. The van der Waals surface area contributed by atoms with Crippen molar-refractivity contribution in [2.75, 3.05) is 25.0 Å². The number of hydrogen-bond acceptors (Lipinski definition) is 4. The van der Waals surface area contributed by atoms with Crippen LogP contribution in [0, 0.1) is 18.3 Å². The monoisotopic (exact) mass is 247 g/mol. The van der Waals surface area contributed by atoms with Gasteiger partial charge in [0.1, 0.15) is 17.5 Å². The molecule has 0 aromatic carbocycles. The average Bonchev–Trinajstić information content (AvgIpc) is 2.57. The first kappa shape index (κ1) is 12.9. The molecule has 1 aromatic heterocycles. The molecule has 5 heteroatoms. The molecule has 1 unspecified atom stereocenters. The molecule has 2 rings (SSSR count). The maximum atomic E-state index is 9.27. The molecule has 0 aliphatic carbocycles. The van der Waals surface area contributed by atoms with Gasteiger partial charge in [-0.1, -0.05) is 0 Å². The van der Waals surface area contributed by atoms with Gasteiger partial charge in [-0.25, -0.2) is 0 Å². The van der Waals surface area contributed by atoms with Gasteiger partial charge in [-0.2, -0.15) is 10.4 Å². The summed E-state index contributed by atoms with van der Waals surface area (Å²) in [7, 11) is 3.99. The van der Waals surface area contributed by atoms with Crippen LogP contribution in [0.4, 0.5) is 5.82 Å². The Kier molecular flexibility index (Phi) is 3.87. The van der Waals surface area contributed by atoms with E-state index in [1.807, 2.05) is 18.7 Å². The Morgan fingerprint density at radius 3 is 2.94 bits per heavy atom. The van der Waals surface area contributed by atoms with Crippen molar-refractivity contribution in [3.8, 4) is 6.07 Å². The quantitative estimate of drug-likeness (QED) is 0.852. The molecule has 1 aliphatic rings. The predicted octanol–water partition coefficient (Wildman–Crippen LogP) is 1.18. The fourth-order valence-electron chi connectivity index (χ4n) is 2.74. The Morgan fingerprint density at radius 1 is 1.44 bits per heavy atom. The predicted molar refractivity (Wildman–Crippen MR) is 71.6 cm³/mol. The molecule has 0 amide bonds. The summed E-state index contributed by atoms with van der Waals surface area (Å²) in [6.07, 6.45) is 3.47. The highest BCUT2D eigenvalue weighted by molar-refractivity contribution is 5.57. The van der Waals surface area contributed by atoms with Crippen molar-refractivity contribution in [1.29, 1.82) is 5.26 Å². The van der Waals surface area contributed by atoms with Crippen LogP contribution in [0.3, 0.4) is 0 Å². The summed E-state index contributed by atoms with van der Waals surface area (Å²) in [5.41, 5.74) is 1.52. The minimum Gasteiger partial charge on any atom is -0.356 e. The third-order valence-corrected chi connectivity index (χ3v) is 3.73. The SMILES string of the molecule is Cc1nn(C)c(N(C)C2CCCNCC2)c1C#N. The number of nitriles is 1. The van der Waals surface area contributed by atoms with Crippen molar-refractivity contribution in [2.45, 2.75) is 32.2 Å². The Balaban J connectivity index is 2.27. The molecule has 0 bridgehead atoms. The van der Waals surface area contributed by atoms with Gasteiger partial charge in [-0.05, 0) is 39.3 Å². The summed E-state index contributed by atoms with van der Waals surface area (Å²) < 4.78 is 1.83. The van der Waals surface area contributed by atoms with Crippen LogP contribution in [0.15, 0.2) is 0 Å². The van der Waals surface area contributed by atoms with Crippen LogP contribution in [-0.4, -0.2) is 36.0 Å². The van der Waals surface area contributed by atoms with Gasteiger partial charge in [-0.15, -0.1) is 0 Å². The van der Waals surface area contributed by atoms with E-state index >= 15 is 0 Å². The van der Waals surface area contributed by atoms with Gasteiger partial charge < -0.3 is 10.2 Å². The second kappa shape index (κ2) is 5.40. The maximum Gasteiger partial charge on any atom is 0.144 e. The Bertz CT molecular complexity index is 449. The minimum atomic E-state index is 0.488. The first-order valence-electron chi connectivity index (χ1n) is 6.52. The van der Waals surface area contributed by atoms with E-state index in [1.54, 1.807) is 0 Å². The highest BCUT2D eigenvalue weighted by atomic mass is 15.4. The van der Waals surface area contributed by atoms with E-state index in [0.717, 1.165) is 31.0 Å². The van der Waals surface area contributed by atoms with Gasteiger partial charge in [-0.3, -0.25) is 4.68 Å². The number of hydrogen-bond donors (Lipinski definition) is 1. The van der Waals surface area contributed by atoms with Gasteiger partial charge in [0.15, 0.2) is 0 Å². The number of aryl methyl sites for hydroxylation is 2. The van der Waals surface area contributed by atoms with Crippen molar-refractivity contribution < 1.29 is 0 Å². The zero-order chi connectivity index (χ0) is 13.1. The molecule has 1 N–H and O–H groups in total. The summed E-state index contributed by atoms with van der Waals surface area (Å²) in [4.78, 5) is 2.23. The van der Waals surface area contributed by atoms with Crippen molar-refractivity contribution in [3.05, 3.63) is 11.3 Å². The summed E-state index contributed by atoms with van der Waals surface area (Å²) >= 11 is 0. The number of anilines is 1. The van der Waals surface area contributed by atoms with E-state index < -0.39 is 0 Å². The lowest BCUT2D eigenvalue weighted by atomic mass is 10.1. The summed E-state index contributed by atoms with van der Waals surface area (Å²) in [5, 5.41) is 17.0. The van der Waals surface area contributed by atoms with Gasteiger partial charge >= 0.3 is 0 Å². The van der Waals surface area contributed by atoms with E-state index in [-0.39, 0.29) is 0 Å². The standard InChI is InChI=1S/C13H21N5/c1-10-12(9-14)13(18(3)16-10)17(2)11-5-4-7-15-8-6-11/h11,15H,4-8H2,1-3H3. The number of nitrogens with one attached hydrogen (secondary N) is 1. The zero-order valence-electron chi connectivity index (χ0n) is 11.4. The molecule has 2 heterocycles. The fourth-order valence-corrected chi connectivity index (χ4v) is 2.74. The molecular weight excluding hydrogens is 226 g/mol. The zero-order valence-corrected chi connectivity index (χ0v) is 11.4. The van der Waals surface area contributed by atoms with Crippen molar-refractivity contribution in [2.24, 2.45) is 7.05 Å². The van der Waals surface area contributed by atoms with Gasteiger partial charge in [0.05, 0.1) is 5.69 Å². The number of rotatable bonds is 2. The summed E-state index contributed by atoms with van der Waals surface area (Å²) in [6, 6.07) is 2.77. The van der Waals surface area contributed by atoms with E-state index in [2.05, 4.69) is 28.4 Å². The average molecular weight is 247 g/mol. The molecule has 1 aromatic rings. The van der Waals surface area contributed by atoms with Crippen molar-refractivity contribution in [1.82, 2.24) is 15.1 Å². The Morgan fingerprint density at radius 2 is 2.22 bits per heavy atom. The number of nitrogens with zero attached hydrogens (tertiary/aromatic N) is 4. The number of aromatic nitrogens is 2. The minimum absolute atomic E-state index is 0.488. The largest absolute Gasteiger partial charge is 0.356 e. The van der Waals surface area contributed by atoms with Crippen LogP contribution < -0.4 is 10.2 Å². The molecule has 0 radical (unpaired) electrons. The second-order valence-electron chi connectivity index (χ2n) is 4.97. The molecule has 1 atom stereocenters. The smallest absolute Gasteiger partial charge is 0.144 e. The van der Waals surface area contributed by atoms with E-state index in [9.17, 15) is 5.26 Å². The summed E-state index contributed by atoms with van der Waals surface area (Å²) in [5.74, 6) is 0.946. The van der Waals surface area contributed by atoms with Gasteiger partial charge in [0, 0.05) is 20.1 Å². The first-order chi connectivity index (χ1) is 8.65. The van der Waals surface area contributed by atoms with Crippen LogP contribution in [0.5, 0.6) is 0 Å². The van der Waals surface area contributed by atoms with Crippen LogP contribution in [0.2, 0.25) is 0 Å². The maximum absolute atomic E-state index is 9.27. The van der Waals surface area contributed by atoms with Gasteiger partial charge in [0.2, 0.25) is 0 Å². The second-order valence-corrected chi connectivity index (χ2v) is 4.97. The highest BCUT2D eigenvalue weighted by Gasteiger charge is 2.23. The van der Waals surface area contributed by atoms with Gasteiger partial charge in [0.25, 0.3) is 0 Å². The van der Waals surface area contributed by atoms with E-state index in [0.29, 0.717) is 11.6 Å². The van der Waals surface area contributed by atoms with Crippen molar-refractivity contribution >= 4 is 5.82 Å². The topological polar surface area (TPSA) is 56.9 Å². The molecule has 0 spiro atoms. The third-order valence-electron chi connectivity index (χ3n) is 3.73. The summed E-state index contributed by atoms with van der Waals surface area (Å²) in [6.45, 7) is 4.04.